The van der Waals surface area contributed by atoms with Crippen molar-refractivity contribution in [3.05, 3.63) is 38.3 Å². The normalized spacial score (nSPS) is 12.1. The number of nitrogens with one attached hydrogen (secondary N) is 1. The number of amides is 1. The Hall–Kier alpha value is -1.47. The molecule has 1 aromatic carbocycles. The van der Waals surface area contributed by atoms with Gasteiger partial charge in [-0.1, -0.05) is 15.9 Å². The molecular formula is C10H12BrN3O3. The minimum atomic E-state index is -0.534. The van der Waals surface area contributed by atoms with Gasteiger partial charge in [-0.05, 0) is 19.1 Å². The molecule has 0 aromatic heterocycles. The van der Waals surface area contributed by atoms with Crippen LogP contribution in [0.3, 0.4) is 0 Å². The molecule has 0 fully saturated rings. The van der Waals surface area contributed by atoms with Gasteiger partial charge in [-0.15, -0.1) is 0 Å². The lowest BCUT2D eigenvalue weighted by Crippen LogP contribution is -2.38. The minimum absolute atomic E-state index is 0.0115. The summed E-state index contributed by atoms with van der Waals surface area (Å²) in [6.07, 6.45) is 0. The Morgan fingerprint density at radius 3 is 2.82 bits per heavy atom. The van der Waals surface area contributed by atoms with E-state index < -0.39 is 16.9 Å². The van der Waals surface area contributed by atoms with Crippen molar-refractivity contribution in [3.63, 3.8) is 0 Å². The number of halogens is 1. The van der Waals surface area contributed by atoms with Crippen molar-refractivity contribution < 1.29 is 9.72 Å². The average molecular weight is 302 g/mol. The number of hydrogen-bond donors (Lipinski definition) is 2. The van der Waals surface area contributed by atoms with Gasteiger partial charge in [0.05, 0.1) is 11.0 Å². The summed E-state index contributed by atoms with van der Waals surface area (Å²) in [5.74, 6) is -0.498. The van der Waals surface area contributed by atoms with E-state index in [0.29, 0.717) is 5.56 Å². The molecule has 0 aliphatic heterocycles. The van der Waals surface area contributed by atoms with E-state index >= 15 is 0 Å². The molecule has 0 heterocycles. The van der Waals surface area contributed by atoms with Crippen LogP contribution >= 0.6 is 15.9 Å². The van der Waals surface area contributed by atoms with Crippen LogP contribution in [0, 0.1) is 10.1 Å². The number of primary amides is 1. The lowest BCUT2D eigenvalue weighted by molar-refractivity contribution is -0.385. The molecule has 1 rings (SSSR count). The Morgan fingerprint density at radius 1 is 1.65 bits per heavy atom. The maximum absolute atomic E-state index is 10.8. The molecular weight excluding hydrogens is 290 g/mol. The molecule has 0 bridgehead atoms. The number of benzene rings is 1. The Kier molecular flexibility index (Phi) is 4.59. The van der Waals surface area contributed by atoms with Crippen LogP contribution in [-0.2, 0) is 11.3 Å². The molecule has 0 saturated heterocycles. The number of carbonyl (C=O) groups excluding carboxylic acids is 1. The smallest absolute Gasteiger partial charge is 0.273 e. The van der Waals surface area contributed by atoms with Gasteiger partial charge >= 0.3 is 0 Å². The van der Waals surface area contributed by atoms with E-state index in [1.807, 2.05) is 0 Å². The number of nitro benzene ring substituents is 1. The van der Waals surface area contributed by atoms with Gasteiger partial charge in [0.25, 0.3) is 5.69 Å². The van der Waals surface area contributed by atoms with E-state index in [4.69, 9.17) is 5.73 Å². The van der Waals surface area contributed by atoms with Crippen molar-refractivity contribution >= 4 is 27.5 Å². The number of nitro groups is 1. The molecule has 1 atom stereocenters. The van der Waals surface area contributed by atoms with Crippen molar-refractivity contribution in [1.29, 1.82) is 0 Å². The van der Waals surface area contributed by atoms with E-state index in [-0.39, 0.29) is 12.2 Å². The zero-order chi connectivity index (χ0) is 13.0. The molecule has 1 unspecified atom stereocenters. The first-order valence-corrected chi connectivity index (χ1v) is 5.66. The van der Waals surface area contributed by atoms with E-state index in [1.165, 1.54) is 6.07 Å². The van der Waals surface area contributed by atoms with E-state index in [2.05, 4.69) is 21.2 Å². The molecule has 0 aliphatic carbocycles. The fraction of sp³-hybridized carbons (Fsp3) is 0.300. The molecule has 17 heavy (non-hydrogen) atoms. The van der Waals surface area contributed by atoms with Crippen molar-refractivity contribution in [2.75, 3.05) is 0 Å². The summed E-state index contributed by atoms with van der Waals surface area (Å²) < 4.78 is 0.742. The first-order valence-electron chi connectivity index (χ1n) is 4.87. The number of rotatable bonds is 5. The lowest BCUT2D eigenvalue weighted by Gasteiger charge is -2.10. The highest BCUT2D eigenvalue weighted by Crippen LogP contribution is 2.22. The Morgan fingerprint density at radius 2 is 2.29 bits per heavy atom. The summed E-state index contributed by atoms with van der Waals surface area (Å²) in [5.41, 5.74) is 5.59. The van der Waals surface area contributed by atoms with E-state index in [1.54, 1.807) is 19.1 Å². The Labute approximate surface area is 106 Å². The highest BCUT2D eigenvalue weighted by molar-refractivity contribution is 9.10. The second-order valence-corrected chi connectivity index (χ2v) is 4.45. The summed E-state index contributed by atoms with van der Waals surface area (Å²) in [7, 11) is 0. The Balaban J connectivity index is 2.85. The second-order valence-electron chi connectivity index (χ2n) is 3.54. The zero-order valence-corrected chi connectivity index (χ0v) is 10.7. The minimum Gasteiger partial charge on any atom is -0.368 e. The third kappa shape index (κ3) is 3.79. The molecule has 7 heteroatoms. The van der Waals surface area contributed by atoms with Gasteiger partial charge in [-0.2, -0.15) is 0 Å². The third-order valence-electron chi connectivity index (χ3n) is 2.26. The fourth-order valence-electron chi connectivity index (χ4n) is 1.24. The Bertz CT molecular complexity index is 450. The number of carbonyl (C=O) groups is 1. The fourth-order valence-corrected chi connectivity index (χ4v) is 1.65. The van der Waals surface area contributed by atoms with Gasteiger partial charge in [0.1, 0.15) is 0 Å². The lowest BCUT2D eigenvalue weighted by atomic mass is 10.1. The second kappa shape index (κ2) is 5.74. The zero-order valence-electron chi connectivity index (χ0n) is 9.14. The summed E-state index contributed by atoms with van der Waals surface area (Å²) >= 11 is 3.24. The van der Waals surface area contributed by atoms with Crippen LogP contribution in [0.2, 0.25) is 0 Å². The quantitative estimate of drug-likeness (QED) is 0.633. The number of hydrogen-bond acceptors (Lipinski definition) is 4. The summed E-state index contributed by atoms with van der Waals surface area (Å²) in [5, 5.41) is 13.6. The van der Waals surface area contributed by atoms with Crippen molar-refractivity contribution in [2.45, 2.75) is 19.5 Å². The van der Waals surface area contributed by atoms with Crippen molar-refractivity contribution in [3.8, 4) is 0 Å². The predicted molar refractivity (Wildman–Crippen MR) is 66.3 cm³/mol. The van der Waals surface area contributed by atoms with Gasteiger partial charge < -0.3 is 11.1 Å². The maximum Gasteiger partial charge on any atom is 0.273 e. The van der Waals surface area contributed by atoms with Crippen LogP contribution in [0.1, 0.15) is 12.5 Å². The standard InChI is InChI=1S/C10H12BrN3O3/c1-6(10(12)15)13-5-7-4-8(11)2-3-9(7)14(16)17/h2-4,6,13H,5H2,1H3,(H2,12,15). The summed E-state index contributed by atoms with van der Waals surface area (Å²) in [6, 6.07) is 4.11. The first-order chi connectivity index (χ1) is 7.91. The number of nitrogens with zero attached hydrogens (tertiary/aromatic N) is 1. The van der Waals surface area contributed by atoms with Gasteiger partial charge in [0.2, 0.25) is 5.91 Å². The molecule has 0 saturated carbocycles. The summed E-state index contributed by atoms with van der Waals surface area (Å²) in [6.45, 7) is 1.81. The van der Waals surface area contributed by atoms with Crippen molar-refractivity contribution in [2.24, 2.45) is 5.73 Å². The predicted octanol–water partition coefficient (Wildman–Crippen LogP) is 1.32. The largest absolute Gasteiger partial charge is 0.368 e. The van der Waals surface area contributed by atoms with E-state index in [0.717, 1.165) is 4.47 Å². The highest BCUT2D eigenvalue weighted by Gasteiger charge is 2.15. The third-order valence-corrected chi connectivity index (χ3v) is 2.76. The SMILES string of the molecule is CC(NCc1cc(Br)ccc1[N+](=O)[O-])C(N)=O. The maximum atomic E-state index is 10.8. The van der Waals surface area contributed by atoms with Crippen LogP contribution in [-0.4, -0.2) is 16.9 Å². The molecule has 92 valence electrons. The van der Waals surface area contributed by atoms with Gasteiger partial charge in [0.15, 0.2) is 0 Å². The number of nitrogens with two attached hydrogens (primary N) is 1. The summed E-state index contributed by atoms with van der Waals surface area (Å²) in [4.78, 5) is 21.1. The molecule has 1 amide bonds. The van der Waals surface area contributed by atoms with Gasteiger partial charge in [0, 0.05) is 22.6 Å². The monoisotopic (exact) mass is 301 g/mol. The molecule has 0 aliphatic rings. The van der Waals surface area contributed by atoms with Crippen LogP contribution in [0.25, 0.3) is 0 Å². The van der Waals surface area contributed by atoms with Crippen LogP contribution in [0.5, 0.6) is 0 Å². The van der Waals surface area contributed by atoms with Crippen LogP contribution in [0.4, 0.5) is 5.69 Å². The molecule has 6 nitrogen and oxygen atoms in total. The first kappa shape index (κ1) is 13.6. The van der Waals surface area contributed by atoms with Gasteiger partial charge in [-0.25, -0.2) is 0 Å². The molecule has 1 aromatic rings. The molecule has 0 spiro atoms. The van der Waals surface area contributed by atoms with Gasteiger partial charge in [-0.3, -0.25) is 14.9 Å². The van der Waals surface area contributed by atoms with Crippen LogP contribution < -0.4 is 11.1 Å². The van der Waals surface area contributed by atoms with Crippen LogP contribution in [0.15, 0.2) is 22.7 Å². The average Bonchev–Trinajstić information content (AvgIpc) is 2.25. The molecule has 3 N–H and O–H groups in total. The van der Waals surface area contributed by atoms with E-state index in [9.17, 15) is 14.9 Å². The van der Waals surface area contributed by atoms with Crippen molar-refractivity contribution in [1.82, 2.24) is 5.32 Å². The molecule has 0 radical (unpaired) electrons. The highest BCUT2D eigenvalue weighted by atomic mass is 79.9. The topological polar surface area (TPSA) is 98.3 Å².